The first-order chi connectivity index (χ1) is 9.30. The Morgan fingerprint density at radius 3 is 2.35 bits per heavy atom. The Bertz CT molecular complexity index is 302. The van der Waals surface area contributed by atoms with E-state index in [4.69, 9.17) is 19.9 Å². The summed E-state index contributed by atoms with van der Waals surface area (Å²) in [6.07, 6.45) is -0.568. The predicted octanol–water partition coefficient (Wildman–Crippen LogP) is 0.762. The normalized spacial score (nSPS) is 11.1. The van der Waals surface area contributed by atoms with E-state index in [1.54, 1.807) is 27.7 Å². The molecule has 0 aliphatic carbocycles. The lowest BCUT2D eigenvalue weighted by atomic mass is 10.2. The minimum absolute atomic E-state index is 0.158. The summed E-state index contributed by atoms with van der Waals surface area (Å²) in [6, 6.07) is 0. The summed E-state index contributed by atoms with van der Waals surface area (Å²) < 4.78 is 15.3. The first kappa shape index (κ1) is 18.7. The van der Waals surface area contributed by atoms with Gasteiger partial charge in [-0.3, -0.25) is 9.69 Å². The lowest BCUT2D eigenvalue weighted by Crippen LogP contribution is -2.42. The van der Waals surface area contributed by atoms with Gasteiger partial charge in [0.05, 0.1) is 19.8 Å². The summed E-state index contributed by atoms with van der Waals surface area (Å²) in [4.78, 5) is 24.7. The van der Waals surface area contributed by atoms with E-state index in [1.165, 1.54) is 4.90 Å². The van der Waals surface area contributed by atoms with Crippen molar-refractivity contribution in [2.45, 2.75) is 33.3 Å². The molecule has 0 aliphatic heterocycles. The minimum Gasteiger partial charge on any atom is -0.465 e. The van der Waals surface area contributed by atoms with Gasteiger partial charge in [-0.05, 0) is 27.7 Å². The second-order valence-electron chi connectivity index (χ2n) is 5.11. The summed E-state index contributed by atoms with van der Waals surface area (Å²) in [5, 5.41) is 0. The average Bonchev–Trinajstić information content (AvgIpc) is 2.31. The maximum Gasteiger partial charge on any atom is 0.410 e. The molecule has 0 rings (SSSR count). The van der Waals surface area contributed by atoms with Crippen LogP contribution in [-0.4, -0.2) is 62.0 Å². The van der Waals surface area contributed by atoms with Gasteiger partial charge in [0.25, 0.3) is 0 Å². The molecule has 7 heteroatoms. The third kappa shape index (κ3) is 9.57. The zero-order valence-electron chi connectivity index (χ0n) is 12.8. The van der Waals surface area contributed by atoms with Gasteiger partial charge in [0.1, 0.15) is 12.1 Å². The molecule has 0 aromatic carbocycles. The van der Waals surface area contributed by atoms with Crippen LogP contribution in [-0.2, 0) is 19.0 Å². The second-order valence-corrected chi connectivity index (χ2v) is 5.11. The Hall–Kier alpha value is -1.34. The van der Waals surface area contributed by atoms with E-state index in [0.29, 0.717) is 13.2 Å². The maximum absolute atomic E-state index is 12.0. The van der Waals surface area contributed by atoms with Crippen LogP contribution in [0.4, 0.5) is 4.79 Å². The topological polar surface area (TPSA) is 91.1 Å². The molecular weight excluding hydrogens is 264 g/mol. The molecule has 0 atom stereocenters. The molecule has 0 heterocycles. The van der Waals surface area contributed by atoms with Crippen LogP contribution in [0.3, 0.4) is 0 Å². The van der Waals surface area contributed by atoms with Crippen LogP contribution in [0.2, 0.25) is 0 Å². The highest BCUT2D eigenvalue weighted by Crippen LogP contribution is 2.10. The number of hydrogen-bond donors (Lipinski definition) is 1. The Labute approximate surface area is 120 Å². The van der Waals surface area contributed by atoms with Crippen molar-refractivity contribution >= 4 is 12.1 Å². The number of carbonyl (C=O) groups excluding carboxylic acids is 2. The van der Waals surface area contributed by atoms with Crippen LogP contribution < -0.4 is 5.73 Å². The Morgan fingerprint density at radius 2 is 1.85 bits per heavy atom. The van der Waals surface area contributed by atoms with Gasteiger partial charge in [0.15, 0.2) is 0 Å². The van der Waals surface area contributed by atoms with Crippen LogP contribution in [0, 0.1) is 0 Å². The zero-order chi connectivity index (χ0) is 15.6. The molecule has 0 aliphatic rings. The van der Waals surface area contributed by atoms with Gasteiger partial charge < -0.3 is 19.9 Å². The molecule has 20 heavy (non-hydrogen) atoms. The first-order valence-corrected chi connectivity index (χ1v) is 6.71. The van der Waals surface area contributed by atoms with Crippen molar-refractivity contribution in [3.05, 3.63) is 0 Å². The minimum atomic E-state index is -0.623. The summed E-state index contributed by atoms with van der Waals surface area (Å²) >= 11 is 0. The SMILES string of the molecule is CCOC(=O)CN(CCOCCN)C(=O)OC(C)(C)C. The molecule has 0 saturated heterocycles. The van der Waals surface area contributed by atoms with Crippen molar-refractivity contribution in [2.75, 3.05) is 39.5 Å². The van der Waals surface area contributed by atoms with E-state index in [1.807, 2.05) is 0 Å². The highest BCUT2D eigenvalue weighted by molar-refractivity contribution is 5.78. The number of esters is 1. The van der Waals surface area contributed by atoms with Crippen molar-refractivity contribution in [3.8, 4) is 0 Å². The summed E-state index contributed by atoms with van der Waals surface area (Å²) in [7, 11) is 0. The van der Waals surface area contributed by atoms with Crippen molar-refractivity contribution in [1.82, 2.24) is 4.90 Å². The summed E-state index contributed by atoms with van der Waals surface area (Å²) in [5.74, 6) is -0.475. The van der Waals surface area contributed by atoms with Crippen LogP contribution >= 0.6 is 0 Å². The van der Waals surface area contributed by atoms with Gasteiger partial charge in [-0.2, -0.15) is 0 Å². The zero-order valence-corrected chi connectivity index (χ0v) is 12.8. The molecule has 0 fully saturated rings. The first-order valence-electron chi connectivity index (χ1n) is 6.71. The molecule has 1 amide bonds. The summed E-state index contributed by atoms with van der Waals surface area (Å²) in [6.45, 7) is 8.45. The monoisotopic (exact) mass is 290 g/mol. The Balaban J connectivity index is 4.44. The van der Waals surface area contributed by atoms with Gasteiger partial charge in [-0.1, -0.05) is 0 Å². The Morgan fingerprint density at radius 1 is 1.20 bits per heavy atom. The highest BCUT2D eigenvalue weighted by atomic mass is 16.6. The van der Waals surface area contributed by atoms with Gasteiger partial charge in [-0.15, -0.1) is 0 Å². The molecule has 118 valence electrons. The van der Waals surface area contributed by atoms with Crippen molar-refractivity contribution in [1.29, 1.82) is 0 Å². The number of rotatable bonds is 8. The van der Waals surface area contributed by atoms with E-state index in [-0.39, 0.29) is 26.3 Å². The third-order valence-corrected chi connectivity index (χ3v) is 2.04. The number of carbonyl (C=O) groups is 2. The molecular formula is C13H26N2O5. The number of nitrogens with two attached hydrogens (primary N) is 1. The maximum atomic E-state index is 12.0. The molecule has 0 radical (unpaired) electrons. The van der Waals surface area contributed by atoms with Crippen LogP contribution in [0.25, 0.3) is 0 Å². The van der Waals surface area contributed by atoms with Crippen LogP contribution in [0.15, 0.2) is 0 Å². The molecule has 0 aromatic rings. The lowest BCUT2D eigenvalue weighted by molar-refractivity contribution is -0.144. The van der Waals surface area contributed by atoms with E-state index >= 15 is 0 Å². The molecule has 7 nitrogen and oxygen atoms in total. The molecule has 0 spiro atoms. The fourth-order valence-electron chi connectivity index (χ4n) is 1.28. The second kappa shape index (κ2) is 9.55. The fraction of sp³-hybridized carbons (Fsp3) is 0.846. The lowest BCUT2D eigenvalue weighted by Gasteiger charge is -2.26. The molecule has 0 unspecified atom stereocenters. The standard InChI is InChI=1S/C13H26N2O5/c1-5-19-11(16)10-15(7-9-18-8-6-14)12(17)20-13(2,3)4/h5-10,14H2,1-4H3. The van der Waals surface area contributed by atoms with Gasteiger partial charge in [-0.25, -0.2) is 4.79 Å². The number of nitrogens with zero attached hydrogens (tertiary/aromatic N) is 1. The summed E-state index contributed by atoms with van der Waals surface area (Å²) in [5.41, 5.74) is 4.68. The van der Waals surface area contributed by atoms with Gasteiger partial charge >= 0.3 is 12.1 Å². The number of amides is 1. The molecule has 2 N–H and O–H groups in total. The molecule has 0 bridgehead atoms. The van der Waals surface area contributed by atoms with E-state index < -0.39 is 17.7 Å². The van der Waals surface area contributed by atoms with E-state index in [0.717, 1.165) is 0 Å². The molecule has 0 aromatic heterocycles. The van der Waals surface area contributed by atoms with E-state index in [2.05, 4.69) is 0 Å². The van der Waals surface area contributed by atoms with Crippen LogP contribution in [0.5, 0.6) is 0 Å². The highest BCUT2D eigenvalue weighted by Gasteiger charge is 2.24. The Kier molecular flexibility index (Phi) is 8.91. The number of hydrogen-bond acceptors (Lipinski definition) is 6. The smallest absolute Gasteiger partial charge is 0.410 e. The third-order valence-electron chi connectivity index (χ3n) is 2.04. The molecule has 0 saturated carbocycles. The van der Waals surface area contributed by atoms with E-state index in [9.17, 15) is 9.59 Å². The van der Waals surface area contributed by atoms with Crippen LogP contribution in [0.1, 0.15) is 27.7 Å². The van der Waals surface area contributed by atoms with Gasteiger partial charge in [0, 0.05) is 13.1 Å². The van der Waals surface area contributed by atoms with Crippen molar-refractivity contribution < 1.29 is 23.8 Å². The van der Waals surface area contributed by atoms with Gasteiger partial charge in [0.2, 0.25) is 0 Å². The number of ether oxygens (including phenoxy) is 3. The average molecular weight is 290 g/mol. The van der Waals surface area contributed by atoms with Crippen molar-refractivity contribution in [2.24, 2.45) is 5.73 Å². The van der Waals surface area contributed by atoms with Crippen molar-refractivity contribution in [3.63, 3.8) is 0 Å². The largest absolute Gasteiger partial charge is 0.465 e. The quantitative estimate of drug-likeness (QED) is 0.524. The fourth-order valence-corrected chi connectivity index (χ4v) is 1.28. The predicted molar refractivity (Wildman–Crippen MR) is 74.3 cm³/mol.